The normalized spacial score (nSPS) is 14.7. The maximum Gasteiger partial charge on any atom is 0.195 e. The van der Waals surface area contributed by atoms with E-state index in [2.05, 4.69) is 90.2 Å². The first-order valence-corrected chi connectivity index (χ1v) is 13.7. The molecule has 0 radical (unpaired) electrons. The van der Waals surface area contributed by atoms with Crippen LogP contribution in [0.2, 0.25) is 0 Å². The lowest BCUT2D eigenvalue weighted by molar-refractivity contribution is 0.283. The van der Waals surface area contributed by atoms with Crippen LogP contribution < -0.4 is 10.1 Å². The molecule has 39 heavy (non-hydrogen) atoms. The molecule has 1 aliphatic heterocycles. The van der Waals surface area contributed by atoms with Crippen molar-refractivity contribution >= 4 is 17.7 Å². The molecule has 0 fully saturated rings. The van der Waals surface area contributed by atoms with Crippen molar-refractivity contribution < 1.29 is 4.74 Å². The van der Waals surface area contributed by atoms with Gasteiger partial charge < -0.3 is 10.1 Å². The zero-order valence-corrected chi connectivity index (χ0v) is 24.0. The number of terminal acetylenes is 1. The molecular weight excluding hydrogens is 482 g/mol. The lowest BCUT2D eigenvalue weighted by Gasteiger charge is -2.16. The van der Waals surface area contributed by atoms with Gasteiger partial charge >= 0.3 is 0 Å². The molecule has 0 unspecified atom stereocenters. The minimum Gasteiger partial charge on any atom is -0.493 e. The van der Waals surface area contributed by atoms with Crippen LogP contribution in [0, 0.1) is 18.3 Å². The molecule has 0 spiro atoms. The highest BCUT2D eigenvalue weighted by Crippen LogP contribution is 2.36. The Bertz CT molecular complexity index is 1270. The smallest absolute Gasteiger partial charge is 0.195 e. The maximum atomic E-state index is 5.92. The molecule has 6 heteroatoms. The van der Waals surface area contributed by atoms with E-state index in [1.807, 2.05) is 26.0 Å². The molecule has 2 aromatic rings. The van der Waals surface area contributed by atoms with Gasteiger partial charge in [0.1, 0.15) is 17.4 Å². The van der Waals surface area contributed by atoms with Crippen molar-refractivity contribution in [2.45, 2.75) is 72.4 Å². The fourth-order valence-corrected chi connectivity index (χ4v) is 4.12. The average Bonchev–Trinajstić information content (AvgIpc) is 3.69. The van der Waals surface area contributed by atoms with Crippen molar-refractivity contribution in [2.24, 2.45) is 26.1 Å². The Labute approximate surface area is 234 Å². The Balaban J connectivity index is 1.66. The van der Waals surface area contributed by atoms with Gasteiger partial charge in [-0.15, -0.1) is 12.3 Å². The number of nitrogens with zero attached hydrogens (tertiary/aromatic N) is 4. The van der Waals surface area contributed by atoms with Crippen LogP contribution >= 0.6 is 0 Å². The standard InChI is InChI=1S/C33H41N5O/c1-8-10-19-33(37-38-33)20-21-39-31-17-13-29(14-18-31)28-11-15-30(16-12-28)36-32(27(9-2)22-24(3)4)35-26(7)34-23-25(5)6/h1,11-18,23-24,36H,5,9-10,19-22H2,2-4,6-7H3/b32-27+,34-23+,35-26-. The number of anilines is 1. The van der Waals surface area contributed by atoms with E-state index >= 15 is 0 Å². The van der Waals surface area contributed by atoms with Crippen LogP contribution in [-0.2, 0) is 0 Å². The van der Waals surface area contributed by atoms with Gasteiger partial charge in [0, 0.05) is 31.2 Å². The van der Waals surface area contributed by atoms with Gasteiger partial charge in [0.25, 0.3) is 0 Å². The Morgan fingerprint density at radius 2 is 1.72 bits per heavy atom. The Morgan fingerprint density at radius 3 is 2.26 bits per heavy atom. The van der Waals surface area contributed by atoms with E-state index in [9.17, 15) is 0 Å². The number of amidine groups is 1. The third-order valence-corrected chi connectivity index (χ3v) is 6.32. The van der Waals surface area contributed by atoms with E-state index in [0.717, 1.165) is 59.6 Å². The summed E-state index contributed by atoms with van der Waals surface area (Å²) >= 11 is 0. The summed E-state index contributed by atoms with van der Waals surface area (Å²) in [6, 6.07) is 16.6. The predicted octanol–water partition coefficient (Wildman–Crippen LogP) is 8.84. The van der Waals surface area contributed by atoms with Gasteiger partial charge in [-0.3, -0.25) is 0 Å². The van der Waals surface area contributed by atoms with Gasteiger partial charge in [0.2, 0.25) is 0 Å². The second kappa shape index (κ2) is 14.2. The first-order chi connectivity index (χ1) is 18.7. The van der Waals surface area contributed by atoms with E-state index in [1.54, 1.807) is 6.21 Å². The number of nitrogens with one attached hydrogen (secondary N) is 1. The largest absolute Gasteiger partial charge is 0.493 e. The maximum absolute atomic E-state index is 5.92. The summed E-state index contributed by atoms with van der Waals surface area (Å²) in [6.45, 7) is 14.9. The number of aliphatic imine (C=N–C) groups is 2. The van der Waals surface area contributed by atoms with Crippen molar-refractivity contribution in [3.8, 4) is 29.2 Å². The van der Waals surface area contributed by atoms with E-state index in [1.165, 1.54) is 5.57 Å². The fourth-order valence-electron chi connectivity index (χ4n) is 4.12. The van der Waals surface area contributed by atoms with Crippen LogP contribution in [0.15, 0.2) is 92.3 Å². The Kier molecular flexibility index (Phi) is 10.8. The van der Waals surface area contributed by atoms with Gasteiger partial charge in [-0.25, -0.2) is 9.98 Å². The first kappa shape index (κ1) is 29.6. The molecule has 1 aliphatic rings. The second-order valence-electron chi connectivity index (χ2n) is 10.4. The van der Waals surface area contributed by atoms with Crippen molar-refractivity contribution in [3.05, 3.63) is 72.1 Å². The highest BCUT2D eigenvalue weighted by molar-refractivity contribution is 5.93. The number of hydrogen-bond donors (Lipinski definition) is 1. The minimum absolute atomic E-state index is 0.314. The van der Waals surface area contributed by atoms with Crippen LogP contribution in [0.1, 0.15) is 66.7 Å². The van der Waals surface area contributed by atoms with Gasteiger partial charge in [0.15, 0.2) is 5.66 Å². The summed E-state index contributed by atoms with van der Waals surface area (Å²) in [4.78, 5) is 9.26. The summed E-state index contributed by atoms with van der Waals surface area (Å²) in [5, 5.41) is 11.9. The molecule has 0 amide bonds. The summed E-state index contributed by atoms with van der Waals surface area (Å²) in [6.07, 6.45) is 11.2. The van der Waals surface area contributed by atoms with Crippen molar-refractivity contribution in [3.63, 3.8) is 0 Å². The van der Waals surface area contributed by atoms with Crippen LogP contribution in [0.4, 0.5) is 5.69 Å². The first-order valence-electron chi connectivity index (χ1n) is 13.7. The monoisotopic (exact) mass is 523 g/mol. The predicted molar refractivity (Wildman–Crippen MR) is 164 cm³/mol. The summed E-state index contributed by atoms with van der Waals surface area (Å²) in [7, 11) is 0. The molecular formula is C33H41N5O. The number of allylic oxidation sites excluding steroid dienone is 2. The van der Waals surface area contributed by atoms with E-state index in [-0.39, 0.29) is 5.66 Å². The third-order valence-electron chi connectivity index (χ3n) is 6.32. The van der Waals surface area contributed by atoms with Gasteiger partial charge in [-0.1, -0.05) is 51.6 Å². The number of rotatable bonds is 14. The number of benzene rings is 2. The van der Waals surface area contributed by atoms with Crippen LogP contribution in [0.3, 0.4) is 0 Å². The van der Waals surface area contributed by atoms with Gasteiger partial charge in [-0.2, -0.15) is 10.2 Å². The van der Waals surface area contributed by atoms with Crippen LogP contribution in [-0.4, -0.2) is 24.3 Å². The molecule has 3 rings (SSSR count). The van der Waals surface area contributed by atoms with Crippen molar-refractivity contribution in [1.29, 1.82) is 0 Å². The van der Waals surface area contributed by atoms with E-state index in [0.29, 0.717) is 24.8 Å². The molecule has 1 N–H and O–H groups in total. The average molecular weight is 524 g/mol. The fraction of sp³-hybridized carbons (Fsp3) is 0.394. The molecule has 0 aliphatic carbocycles. The Morgan fingerprint density at radius 1 is 1.08 bits per heavy atom. The second-order valence-corrected chi connectivity index (χ2v) is 10.4. The third kappa shape index (κ3) is 9.68. The SMILES string of the molecule is C#CCCC1(CCOc2ccc(-c3ccc(NC(/N=C(C)\N=C\C(=C)C)=C(\CC)CC(C)C)cc3)cc2)N=N1. The molecule has 2 aromatic carbocycles. The van der Waals surface area contributed by atoms with Crippen molar-refractivity contribution in [2.75, 3.05) is 11.9 Å². The molecule has 0 saturated heterocycles. The number of hydrogen-bond acceptors (Lipinski definition) is 5. The highest BCUT2D eigenvalue weighted by Gasteiger charge is 2.38. The lowest BCUT2D eigenvalue weighted by Crippen LogP contribution is -2.15. The summed E-state index contributed by atoms with van der Waals surface area (Å²) < 4.78 is 5.92. The Hall–Kier alpha value is -3.98. The molecule has 0 atom stereocenters. The number of ether oxygens (including phenoxy) is 1. The molecule has 6 nitrogen and oxygen atoms in total. The quantitative estimate of drug-likeness (QED) is 0.153. The van der Waals surface area contributed by atoms with E-state index < -0.39 is 0 Å². The molecule has 1 heterocycles. The zero-order valence-electron chi connectivity index (χ0n) is 24.0. The lowest BCUT2D eigenvalue weighted by atomic mass is 10.0. The minimum atomic E-state index is -0.314. The highest BCUT2D eigenvalue weighted by atomic mass is 16.5. The van der Waals surface area contributed by atoms with Gasteiger partial charge in [0.05, 0.1) is 6.61 Å². The summed E-state index contributed by atoms with van der Waals surface area (Å²) in [5.41, 5.74) is 5.10. The van der Waals surface area contributed by atoms with Crippen LogP contribution in [0.5, 0.6) is 5.75 Å². The van der Waals surface area contributed by atoms with Gasteiger partial charge in [-0.05, 0) is 79.1 Å². The van der Waals surface area contributed by atoms with Crippen LogP contribution in [0.25, 0.3) is 11.1 Å². The summed E-state index contributed by atoms with van der Waals surface area (Å²) in [5.74, 6) is 5.58. The zero-order chi connectivity index (χ0) is 28.3. The topological polar surface area (TPSA) is 70.7 Å². The molecule has 0 aromatic heterocycles. The van der Waals surface area contributed by atoms with E-state index in [4.69, 9.17) is 16.2 Å². The van der Waals surface area contributed by atoms with Crippen molar-refractivity contribution in [1.82, 2.24) is 0 Å². The molecule has 0 saturated carbocycles. The molecule has 204 valence electrons. The molecule has 0 bridgehead atoms.